The SMILES string of the molecule is CC(=O)NCCC(=O)N[C@H](C)c1cnn(-c2cccc3ccccc23)c1C. The zero-order valence-electron chi connectivity index (χ0n) is 15.8. The van der Waals surface area contributed by atoms with E-state index in [1.54, 1.807) is 6.20 Å². The van der Waals surface area contributed by atoms with Crippen LogP contribution in [0, 0.1) is 6.92 Å². The van der Waals surface area contributed by atoms with Crippen LogP contribution < -0.4 is 10.6 Å². The highest BCUT2D eigenvalue weighted by Gasteiger charge is 2.17. The molecule has 3 aromatic rings. The molecular weight excluding hydrogens is 340 g/mol. The molecule has 0 radical (unpaired) electrons. The van der Waals surface area contributed by atoms with Crippen LogP contribution in [0.4, 0.5) is 0 Å². The van der Waals surface area contributed by atoms with Gasteiger partial charge in [0.05, 0.1) is 17.9 Å². The van der Waals surface area contributed by atoms with Gasteiger partial charge in [0.15, 0.2) is 0 Å². The first-order valence-electron chi connectivity index (χ1n) is 9.04. The van der Waals surface area contributed by atoms with Crippen LogP contribution in [-0.2, 0) is 9.59 Å². The lowest BCUT2D eigenvalue weighted by Gasteiger charge is -2.15. The Morgan fingerprint density at radius 1 is 1.15 bits per heavy atom. The standard InChI is InChI=1S/C21H24N4O2/c1-14(24-21(27)11-12-22-16(3)26)19-13-23-25(15(19)2)20-10-6-8-17-7-4-5-9-18(17)20/h4-10,13-14H,11-12H2,1-3H3,(H,22,26)(H,24,27)/t14-/m1/s1. The smallest absolute Gasteiger partial charge is 0.222 e. The van der Waals surface area contributed by atoms with Crippen LogP contribution in [0.3, 0.4) is 0 Å². The summed E-state index contributed by atoms with van der Waals surface area (Å²) < 4.78 is 1.91. The van der Waals surface area contributed by atoms with Gasteiger partial charge in [-0.15, -0.1) is 0 Å². The van der Waals surface area contributed by atoms with Crippen molar-refractivity contribution in [2.45, 2.75) is 33.2 Å². The second-order valence-electron chi connectivity index (χ2n) is 6.62. The molecule has 0 saturated heterocycles. The van der Waals surface area contributed by atoms with E-state index in [2.05, 4.69) is 33.9 Å². The highest BCUT2D eigenvalue weighted by Crippen LogP contribution is 2.25. The van der Waals surface area contributed by atoms with Crippen molar-refractivity contribution in [2.75, 3.05) is 6.54 Å². The van der Waals surface area contributed by atoms with Crippen molar-refractivity contribution in [2.24, 2.45) is 0 Å². The Labute approximate surface area is 158 Å². The summed E-state index contributed by atoms with van der Waals surface area (Å²) in [5.74, 6) is -0.239. The van der Waals surface area contributed by atoms with Crippen molar-refractivity contribution in [1.82, 2.24) is 20.4 Å². The number of amides is 2. The molecule has 3 rings (SSSR count). The van der Waals surface area contributed by atoms with Gasteiger partial charge in [-0.1, -0.05) is 36.4 Å². The Balaban J connectivity index is 1.78. The predicted octanol–water partition coefficient (Wildman–Crippen LogP) is 3.04. The first-order chi connectivity index (χ1) is 13.0. The van der Waals surface area contributed by atoms with Gasteiger partial charge in [-0.05, 0) is 25.3 Å². The predicted molar refractivity (Wildman–Crippen MR) is 106 cm³/mol. The van der Waals surface area contributed by atoms with Crippen LogP contribution in [-0.4, -0.2) is 28.1 Å². The van der Waals surface area contributed by atoms with Gasteiger partial charge in [0.25, 0.3) is 0 Å². The van der Waals surface area contributed by atoms with Gasteiger partial charge in [-0.2, -0.15) is 5.10 Å². The van der Waals surface area contributed by atoms with E-state index >= 15 is 0 Å². The first kappa shape index (κ1) is 18.6. The Kier molecular flexibility index (Phi) is 5.54. The van der Waals surface area contributed by atoms with Gasteiger partial charge in [0.2, 0.25) is 11.8 Å². The average molecular weight is 364 g/mol. The molecule has 0 aliphatic rings. The maximum atomic E-state index is 12.1. The van der Waals surface area contributed by atoms with E-state index in [9.17, 15) is 9.59 Å². The Bertz CT molecular complexity index is 972. The summed E-state index contributed by atoms with van der Waals surface area (Å²) in [6, 6.07) is 14.2. The van der Waals surface area contributed by atoms with E-state index < -0.39 is 0 Å². The molecule has 6 nitrogen and oxygen atoms in total. The third-order valence-electron chi connectivity index (χ3n) is 4.61. The summed E-state index contributed by atoms with van der Waals surface area (Å²) >= 11 is 0. The summed E-state index contributed by atoms with van der Waals surface area (Å²) in [4.78, 5) is 23.0. The Hall–Kier alpha value is -3.15. The van der Waals surface area contributed by atoms with E-state index in [-0.39, 0.29) is 24.3 Å². The summed E-state index contributed by atoms with van der Waals surface area (Å²) in [5.41, 5.74) is 2.97. The van der Waals surface area contributed by atoms with Gasteiger partial charge < -0.3 is 10.6 Å². The van der Waals surface area contributed by atoms with Crippen LogP contribution in [0.2, 0.25) is 0 Å². The molecule has 0 unspecified atom stereocenters. The van der Waals surface area contributed by atoms with Gasteiger partial charge in [-0.25, -0.2) is 4.68 Å². The second kappa shape index (κ2) is 8.03. The quantitative estimate of drug-likeness (QED) is 0.706. The van der Waals surface area contributed by atoms with Crippen LogP contribution in [0.25, 0.3) is 16.5 Å². The number of nitrogens with one attached hydrogen (secondary N) is 2. The van der Waals surface area contributed by atoms with Crippen molar-refractivity contribution in [3.8, 4) is 5.69 Å². The fourth-order valence-electron chi connectivity index (χ4n) is 3.23. The minimum atomic E-state index is -0.168. The van der Waals surface area contributed by atoms with Crippen molar-refractivity contribution in [1.29, 1.82) is 0 Å². The maximum Gasteiger partial charge on any atom is 0.222 e. The molecule has 2 N–H and O–H groups in total. The average Bonchev–Trinajstić information content (AvgIpc) is 3.02. The number of carbonyl (C=O) groups is 2. The first-order valence-corrected chi connectivity index (χ1v) is 9.04. The van der Waals surface area contributed by atoms with E-state index in [1.807, 2.05) is 42.8 Å². The van der Waals surface area contributed by atoms with Gasteiger partial charge in [0, 0.05) is 36.5 Å². The number of hydrogen-bond donors (Lipinski definition) is 2. The molecule has 27 heavy (non-hydrogen) atoms. The van der Waals surface area contributed by atoms with Gasteiger partial charge in [0.1, 0.15) is 0 Å². The molecular formula is C21H24N4O2. The summed E-state index contributed by atoms with van der Waals surface area (Å²) in [6.07, 6.45) is 2.05. The third-order valence-corrected chi connectivity index (χ3v) is 4.61. The topological polar surface area (TPSA) is 76.0 Å². The lowest BCUT2D eigenvalue weighted by atomic mass is 10.1. The van der Waals surface area contributed by atoms with E-state index in [4.69, 9.17) is 0 Å². The number of nitrogens with zero attached hydrogens (tertiary/aromatic N) is 2. The third kappa shape index (κ3) is 4.16. The number of hydrogen-bond acceptors (Lipinski definition) is 3. The van der Waals surface area contributed by atoms with E-state index in [1.165, 1.54) is 6.92 Å². The number of rotatable bonds is 6. The van der Waals surface area contributed by atoms with Crippen molar-refractivity contribution in [3.05, 3.63) is 59.9 Å². The minimum Gasteiger partial charge on any atom is -0.356 e. The summed E-state index contributed by atoms with van der Waals surface area (Å²) in [6.45, 7) is 5.71. The molecule has 0 bridgehead atoms. The molecule has 0 spiro atoms. The lowest BCUT2D eigenvalue weighted by Crippen LogP contribution is -2.31. The highest BCUT2D eigenvalue weighted by atomic mass is 16.2. The zero-order chi connectivity index (χ0) is 19.4. The molecule has 2 amide bonds. The number of aromatic nitrogens is 2. The van der Waals surface area contributed by atoms with Gasteiger partial charge >= 0.3 is 0 Å². The lowest BCUT2D eigenvalue weighted by molar-refractivity contribution is -0.122. The van der Waals surface area contributed by atoms with Crippen molar-refractivity contribution >= 4 is 22.6 Å². The molecule has 1 heterocycles. The molecule has 1 atom stereocenters. The molecule has 0 saturated carbocycles. The Morgan fingerprint density at radius 3 is 2.67 bits per heavy atom. The molecule has 6 heteroatoms. The maximum absolute atomic E-state index is 12.1. The number of fused-ring (bicyclic) bond motifs is 1. The fraction of sp³-hybridized carbons (Fsp3) is 0.286. The highest BCUT2D eigenvalue weighted by molar-refractivity contribution is 5.90. The normalized spacial score (nSPS) is 12.0. The largest absolute Gasteiger partial charge is 0.356 e. The molecule has 1 aromatic heterocycles. The monoisotopic (exact) mass is 364 g/mol. The summed E-state index contributed by atoms with van der Waals surface area (Å²) in [7, 11) is 0. The molecule has 0 aliphatic heterocycles. The molecule has 140 valence electrons. The number of benzene rings is 2. The van der Waals surface area contributed by atoms with Crippen LogP contribution in [0.1, 0.15) is 37.6 Å². The second-order valence-corrected chi connectivity index (χ2v) is 6.62. The van der Waals surface area contributed by atoms with Crippen LogP contribution in [0.15, 0.2) is 48.7 Å². The van der Waals surface area contributed by atoms with E-state index in [0.717, 1.165) is 27.7 Å². The minimum absolute atomic E-state index is 0.103. The summed E-state index contributed by atoms with van der Waals surface area (Å²) in [5, 5.41) is 12.4. The van der Waals surface area contributed by atoms with E-state index in [0.29, 0.717) is 6.54 Å². The molecule has 2 aromatic carbocycles. The molecule has 0 fully saturated rings. The fourth-order valence-corrected chi connectivity index (χ4v) is 3.23. The van der Waals surface area contributed by atoms with Crippen LogP contribution in [0.5, 0.6) is 0 Å². The van der Waals surface area contributed by atoms with Crippen molar-refractivity contribution < 1.29 is 9.59 Å². The van der Waals surface area contributed by atoms with Crippen molar-refractivity contribution in [3.63, 3.8) is 0 Å². The van der Waals surface area contributed by atoms with Gasteiger partial charge in [-0.3, -0.25) is 9.59 Å². The zero-order valence-corrected chi connectivity index (χ0v) is 15.8. The van der Waals surface area contributed by atoms with Crippen LogP contribution >= 0.6 is 0 Å². The number of carbonyl (C=O) groups excluding carboxylic acids is 2. The Morgan fingerprint density at radius 2 is 1.89 bits per heavy atom. The molecule has 0 aliphatic carbocycles.